The van der Waals surface area contributed by atoms with Gasteiger partial charge in [-0.05, 0) is 25.1 Å². The molecule has 12 heavy (non-hydrogen) atoms. The third kappa shape index (κ3) is 1.05. The second kappa shape index (κ2) is 2.55. The van der Waals surface area contributed by atoms with E-state index in [4.69, 9.17) is 0 Å². The quantitative estimate of drug-likeness (QED) is 0.577. The molecule has 1 radical (unpaired) electrons. The summed E-state index contributed by atoms with van der Waals surface area (Å²) in [4.78, 5) is 4.07. The Morgan fingerprint density at radius 2 is 2.25 bits per heavy atom. The molecule has 0 saturated carbocycles. The Labute approximate surface area is 69.9 Å². The van der Waals surface area contributed by atoms with E-state index in [1.165, 1.54) is 6.07 Å². The largest absolute Gasteiger partial charge is 0.250 e. The monoisotopic (exact) mass is 160 g/mol. The standard InChI is InChI=1S/C10H7FN/c1-7-5-6-8-3-2-4-9(11)10(8)12-7/h2-5H,1H3. The molecule has 0 aliphatic heterocycles. The van der Waals surface area contributed by atoms with Crippen LogP contribution in [0.4, 0.5) is 4.39 Å². The van der Waals surface area contributed by atoms with Crippen molar-refractivity contribution in [2.24, 2.45) is 0 Å². The molecule has 2 heteroatoms. The highest BCUT2D eigenvalue weighted by atomic mass is 19.1. The van der Waals surface area contributed by atoms with Crippen LogP contribution in [0.2, 0.25) is 0 Å². The van der Waals surface area contributed by atoms with Crippen molar-refractivity contribution in [1.82, 2.24) is 4.98 Å². The van der Waals surface area contributed by atoms with Crippen LogP contribution in [0.3, 0.4) is 0 Å². The first kappa shape index (κ1) is 7.22. The zero-order chi connectivity index (χ0) is 8.55. The highest BCUT2D eigenvalue weighted by molar-refractivity contribution is 5.78. The molecule has 0 saturated heterocycles. The van der Waals surface area contributed by atoms with E-state index in [2.05, 4.69) is 11.1 Å². The fraction of sp³-hybridized carbons (Fsp3) is 0.100. The van der Waals surface area contributed by atoms with Crippen LogP contribution in [-0.2, 0) is 0 Å². The number of aromatic nitrogens is 1. The van der Waals surface area contributed by atoms with Crippen LogP contribution in [0.15, 0.2) is 24.3 Å². The number of fused-ring (bicyclic) bond motifs is 1. The summed E-state index contributed by atoms with van der Waals surface area (Å²) >= 11 is 0. The molecule has 59 valence electrons. The third-order valence-corrected chi connectivity index (χ3v) is 1.71. The number of rotatable bonds is 0. The SMILES string of the molecule is Cc1c[c]c2cccc(F)c2n1. The zero-order valence-electron chi connectivity index (χ0n) is 6.63. The van der Waals surface area contributed by atoms with Gasteiger partial charge in [0.2, 0.25) is 0 Å². The van der Waals surface area contributed by atoms with Crippen molar-refractivity contribution in [2.45, 2.75) is 6.92 Å². The summed E-state index contributed by atoms with van der Waals surface area (Å²) in [6.07, 6.45) is 0. The predicted molar refractivity (Wildman–Crippen MR) is 45.3 cm³/mol. The smallest absolute Gasteiger partial charge is 0.149 e. The van der Waals surface area contributed by atoms with Crippen LogP contribution in [0.5, 0.6) is 0 Å². The van der Waals surface area contributed by atoms with Gasteiger partial charge >= 0.3 is 0 Å². The minimum absolute atomic E-state index is 0.285. The van der Waals surface area contributed by atoms with Gasteiger partial charge < -0.3 is 0 Å². The molecule has 0 atom stereocenters. The van der Waals surface area contributed by atoms with E-state index in [1.54, 1.807) is 18.2 Å². The van der Waals surface area contributed by atoms with Crippen molar-refractivity contribution < 1.29 is 4.39 Å². The molecule has 0 aliphatic rings. The molecule has 1 heterocycles. The Morgan fingerprint density at radius 3 is 3.08 bits per heavy atom. The van der Waals surface area contributed by atoms with Gasteiger partial charge in [-0.1, -0.05) is 12.1 Å². The van der Waals surface area contributed by atoms with E-state index in [0.29, 0.717) is 5.52 Å². The molecule has 2 rings (SSSR count). The summed E-state index contributed by atoms with van der Waals surface area (Å²) < 4.78 is 13.1. The topological polar surface area (TPSA) is 12.9 Å². The molecule has 0 aliphatic carbocycles. The van der Waals surface area contributed by atoms with Gasteiger partial charge in [0.1, 0.15) is 11.3 Å². The average molecular weight is 160 g/mol. The lowest BCUT2D eigenvalue weighted by atomic mass is 10.2. The first-order chi connectivity index (χ1) is 5.77. The van der Waals surface area contributed by atoms with Gasteiger partial charge in [0, 0.05) is 11.1 Å². The minimum atomic E-state index is -0.285. The normalized spacial score (nSPS) is 10.5. The Balaban J connectivity index is 2.88. The lowest BCUT2D eigenvalue weighted by Crippen LogP contribution is -1.86. The molecular weight excluding hydrogens is 153 g/mol. The van der Waals surface area contributed by atoms with Crippen molar-refractivity contribution in [2.75, 3.05) is 0 Å². The van der Waals surface area contributed by atoms with Gasteiger partial charge in [-0.3, -0.25) is 4.98 Å². The fourth-order valence-electron chi connectivity index (χ4n) is 1.14. The number of aryl methyl sites for hydroxylation is 1. The highest BCUT2D eigenvalue weighted by Gasteiger charge is 2.00. The molecule has 1 nitrogen and oxygen atoms in total. The molecule has 0 spiro atoms. The van der Waals surface area contributed by atoms with E-state index in [9.17, 15) is 4.39 Å². The first-order valence-electron chi connectivity index (χ1n) is 3.71. The number of halogens is 1. The fourth-order valence-corrected chi connectivity index (χ4v) is 1.14. The lowest BCUT2D eigenvalue weighted by molar-refractivity contribution is 0.636. The van der Waals surface area contributed by atoms with Crippen LogP contribution >= 0.6 is 0 Å². The van der Waals surface area contributed by atoms with Crippen LogP contribution < -0.4 is 0 Å². The number of pyridine rings is 1. The molecule has 0 amide bonds. The Morgan fingerprint density at radius 1 is 1.42 bits per heavy atom. The maximum absolute atomic E-state index is 13.1. The maximum Gasteiger partial charge on any atom is 0.149 e. The predicted octanol–water partition coefficient (Wildman–Crippen LogP) is 2.48. The molecule has 0 unspecified atom stereocenters. The van der Waals surface area contributed by atoms with Gasteiger partial charge in [0.05, 0.1) is 0 Å². The summed E-state index contributed by atoms with van der Waals surface area (Å²) in [5.41, 5.74) is 1.19. The zero-order valence-corrected chi connectivity index (χ0v) is 6.63. The van der Waals surface area contributed by atoms with E-state index in [0.717, 1.165) is 11.1 Å². The third-order valence-electron chi connectivity index (χ3n) is 1.71. The number of hydrogen-bond donors (Lipinski definition) is 0. The van der Waals surface area contributed by atoms with Gasteiger partial charge in [0.25, 0.3) is 0 Å². The van der Waals surface area contributed by atoms with Gasteiger partial charge in [0.15, 0.2) is 0 Å². The molecule has 0 N–H and O–H groups in total. The van der Waals surface area contributed by atoms with Crippen LogP contribution in [0.1, 0.15) is 5.69 Å². The van der Waals surface area contributed by atoms with E-state index < -0.39 is 0 Å². The Kier molecular flexibility index (Phi) is 1.54. The summed E-state index contributed by atoms with van der Waals surface area (Å²) in [5, 5.41) is 0.723. The molecular formula is C10H7FN. The van der Waals surface area contributed by atoms with Crippen LogP contribution in [-0.4, -0.2) is 4.98 Å². The second-order valence-corrected chi connectivity index (χ2v) is 2.68. The van der Waals surface area contributed by atoms with Gasteiger partial charge in [-0.2, -0.15) is 0 Å². The van der Waals surface area contributed by atoms with Crippen LogP contribution in [0.25, 0.3) is 10.9 Å². The van der Waals surface area contributed by atoms with E-state index >= 15 is 0 Å². The van der Waals surface area contributed by atoms with Gasteiger partial charge in [-0.25, -0.2) is 4.39 Å². The van der Waals surface area contributed by atoms with Crippen molar-refractivity contribution in [3.05, 3.63) is 41.8 Å². The molecule has 0 bridgehead atoms. The number of nitrogens with zero attached hydrogens (tertiary/aromatic N) is 1. The minimum Gasteiger partial charge on any atom is -0.250 e. The first-order valence-corrected chi connectivity index (χ1v) is 3.71. The summed E-state index contributed by atoms with van der Waals surface area (Å²) in [6, 6.07) is 9.57. The summed E-state index contributed by atoms with van der Waals surface area (Å²) in [5.74, 6) is -0.285. The van der Waals surface area contributed by atoms with Gasteiger partial charge in [-0.15, -0.1) is 0 Å². The molecule has 0 fully saturated rings. The Hall–Kier alpha value is -1.44. The molecule has 2 aromatic rings. The van der Waals surface area contributed by atoms with Crippen molar-refractivity contribution in [1.29, 1.82) is 0 Å². The number of hydrogen-bond acceptors (Lipinski definition) is 1. The van der Waals surface area contributed by atoms with Crippen molar-refractivity contribution >= 4 is 10.9 Å². The maximum atomic E-state index is 13.1. The van der Waals surface area contributed by atoms with E-state index in [1.807, 2.05) is 6.92 Å². The van der Waals surface area contributed by atoms with E-state index in [-0.39, 0.29) is 5.82 Å². The second-order valence-electron chi connectivity index (χ2n) is 2.68. The highest BCUT2D eigenvalue weighted by Crippen LogP contribution is 2.14. The lowest BCUT2D eigenvalue weighted by Gasteiger charge is -1.97. The summed E-state index contributed by atoms with van der Waals surface area (Å²) in [6.45, 7) is 1.82. The molecule has 1 aromatic carbocycles. The average Bonchev–Trinajstić information content (AvgIpc) is 2.07. The number of para-hydroxylation sites is 1. The van der Waals surface area contributed by atoms with Crippen LogP contribution in [0, 0.1) is 18.8 Å². The molecule has 1 aromatic heterocycles. The van der Waals surface area contributed by atoms with Crippen molar-refractivity contribution in [3.63, 3.8) is 0 Å². The Bertz CT molecular complexity index is 423. The number of benzene rings is 1. The summed E-state index contributed by atoms with van der Waals surface area (Å²) in [7, 11) is 0. The van der Waals surface area contributed by atoms with Crippen molar-refractivity contribution in [3.8, 4) is 0 Å².